The van der Waals surface area contributed by atoms with Gasteiger partial charge in [-0.3, -0.25) is 4.90 Å². The lowest BCUT2D eigenvalue weighted by molar-refractivity contribution is 0.0733. The molecule has 0 bridgehead atoms. The van der Waals surface area contributed by atoms with Crippen molar-refractivity contribution in [3.05, 3.63) is 0 Å². The highest BCUT2D eigenvalue weighted by Gasteiger charge is 2.32. The van der Waals surface area contributed by atoms with Gasteiger partial charge in [0.05, 0.1) is 6.10 Å². The van der Waals surface area contributed by atoms with Crippen molar-refractivity contribution in [2.45, 2.75) is 33.3 Å². The van der Waals surface area contributed by atoms with Crippen LogP contribution in [0.15, 0.2) is 0 Å². The zero-order valence-electron chi connectivity index (χ0n) is 12.9. The number of β-amino-alcohol motifs (C(OH)–C–C–N with tert-alkyl or cyclic N) is 1. The number of likely N-dealkylation sites (tertiary alicyclic amines) is 1. The lowest BCUT2D eigenvalue weighted by Gasteiger charge is -2.31. The van der Waals surface area contributed by atoms with Gasteiger partial charge in [0.2, 0.25) is 0 Å². The third-order valence-electron chi connectivity index (χ3n) is 4.64. The number of nitrogens with one attached hydrogen (secondary N) is 1. The molecule has 19 heavy (non-hydrogen) atoms. The van der Waals surface area contributed by atoms with E-state index in [-0.39, 0.29) is 6.10 Å². The molecule has 0 aromatic carbocycles. The smallest absolute Gasteiger partial charge is 0.0793 e. The average Bonchev–Trinajstić information content (AvgIpc) is 2.78. The average molecular weight is 269 g/mol. The van der Waals surface area contributed by atoms with Crippen LogP contribution in [0, 0.1) is 11.3 Å². The molecular formula is C15H31N3O. The van der Waals surface area contributed by atoms with E-state index in [2.05, 4.69) is 35.9 Å². The molecule has 2 heterocycles. The standard InChI is InChI=1S/C15H31N3O/c1-15(2,3)13-4-7-18(10-13)12-14(19)11-17-8-5-16-6-9-17/h13-14,16,19H,4-12H2,1-3H3. The lowest BCUT2D eigenvalue weighted by Crippen LogP contribution is -2.48. The van der Waals surface area contributed by atoms with E-state index in [0.717, 1.165) is 58.3 Å². The fourth-order valence-electron chi connectivity index (χ4n) is 3.25. The summed E-state index contributed by atoms with van der Waals surface area (Å²) in [5.74, 6) is 0.777. The fourth-order valence-corrected chi connectivity index (χ4v) is 3.25. The topological polar surface area (TPSA) is 38.7 Å². The molecule has 2 aliphatic rings. The molecule has 0 aromatic rings. The first-order valence-electron chi connectivity index (χ1n) is 7.78. The summed E-state index contributed by atoms with van der Waals surface area (Å²) >= 11 is 0. The fraction of sp³-hybridized carbons (Fsp3) is 1.00. The molecule has 2 unspecified atom stereocenters. The summed E-state index contributed by atoms with van der Waals surface area (Å²) in [5, 5.41) is 13.6. The Morgan fingerprint density at radius 2 is 1.74 bits per heavy atom. The first kappa shape index (κ1) is 15.2. The van der Waals surface area contributed by atoms with Gasteiger partial charge in [-0.25, -0.2) is 0 Å². The van der Waals surface area contributed by atoms with Crippen molar-refractivity contribution in [2.24, 2.45) is 11.3 Å². The number of hydrogen-bond donors (Lipinski definition) is 2. The Kier molecular flexibility index (Phi) is 5.23. The molecule has 2 saturated heterocycles. The number of piperazine rings is 1. The molecule has 0 radical (unpaired) electrons. The molecule has 2 N–H and O–H groups in total. The van der Waals surface area contributed by atoms with Crippen LogP contribution in [0.25, 0.3) is 0 Å². The van der Waals surface area contributed by atoms with E-state index in [0.29, 0.717) is 5.41 Å². The van der Waals surface area contributed by atoms with Gasteiger partial charge in [-0.2, -0.15) is 0 Å². The largest absolute Gasteiger partial charge is 0.390 e. The second kappa shape index (κ2) is 6.53. The van der Waals surface area contributed by atoms with Gasteiger partial charge < -0.3 is 15.3 Å². The van der Waals surface area contributed by atoms with Crippen LogP contribution < -0.4 is 5.32 Å². The Morgan fingerprint density at radius 1 is 1.11 bits per heavy atom. The predicted molar refractivity (Wildman–Crippen MR) is 79.3 cm³/mol. The van der Waals surface area contributed by atoms with E-state index < -0.39 is 0 Å². The number of nitrogens with zero attached hydrogens (tertiary/aromatic N) is 2. The maximum Gasteiger partial charge on any atom is 0.0793 e. The lowest BCUT2D eigenvalue weighted by atomic mass is 9.80. The number of aliphatic hydroxyl groups is 1. The Bertz CT molecular complexity index is 271. The summed E-state index contributed by atoms with van der Waals surface area (Å²) in [6.45, 7) is 15.2. The predicted octanol–water partition coefficient (Wildman–Crippen LogP) is 0.621. The minimum atomic E-state index is -0.197. The van der Waals surface area contributed by atoms with Crippen molar-refractivity contribution >= 4 is 0 Å². The molecule has 2 atom stereocenters. The second-order valence-corrected chi connectivity index (χ2v) is 7.32. The van der Waals surface area contributed by atoms with Gasteiger partial charge in [-0.05, 0) is 24.3 Å². The summed E-state index contributed by atoms with van der Waals surface area (Å²) in [6.07, 6.45) is 1.08. The summed E-state index contributed by atoms with van der Waals surface area (Å²) in [6, 6.07) is 0. The molecule has 2 fully saturated rings. The van der Waals surface area contributed by atoms with Crippen LogP contribution >= 0.6 is 0 Å². The van der Waals surface area contributed by atoms with E-state index in [1.807, 2.05) is 0 Å². The minimum absolute atomic E-state index is 0.197. The molecule has 112 valence electrons. The Hall–Kier alpha value is -0.160. The molecule has 4 heteroatoms. The van der Waals surface area contributed by atoms with Crippen LogP contribution in [0.5, 0.6) is 0 Å². The summed E-state index contributed by atoms with van der Waals surface area (Å²) in [7, 11) is 0. The summed E-state index contributed by atoms with van der Waals surface area (Å²) < 4.78 is 0. The minimum Gasteiger partial charge on any atom is -0.390 e. The van der Waals surface area contributed by atoms with Crippen molar-refractivity contribution in [1.29, 1.82) is 0 Å². The first-order chi connectivity index (χ1) is 8.95. The van der Waals surface area contributed by atoms with E-state index in [9.17, 15) is 5.11 Å². The Morgan fingerprint density at radius 3 is 2.32 bits per heavy atom. The maximum absolute atomic E-state index is 10.2. The highest BCUT2D eigenvalue weighted by molar-refractivity contribution is 4.85. The highest BCUT2D eigenvalue weighted by atomic mass is 16.3. The molecule has 2 aliphatic heterocycles. The van der Waals surface area contributed by atoms with Gasteiger partial charge in [0, 0.05) is 45.8 Å². The highest BCUT2D eigenvalue weighted by Crippen LogP contribution is 2.33. The van der Waals surface area contributed by atoms with Gasteiger partial charge in [0.1, 0.15) is 0 Å². The van der Waals surface area contributed by atoms with Crippen molar-refractivity contribution < 1.29 is 5.11 Å². The number of rotatable bonds is 4. The van der Waals surface area contributed by atoms with Crippen LogP contribution in [0.4, 0.5) is 0 Å². The maximum atomic E-state index is 10.2. The third kappa shape index (κ3) is 4.71. The van der Waals surface area contributed by atoms with Crippen LogP contribution in [-0.4, -0.2) is 73.4 Å². The number of hydrogen-bond acceptors (Lipinski definition) is 4. The summed E-state index contributed by atoms with van der Waals surface area (Å²) in [4.78, 5) is 4.82. The van der Waals surface area contributed by atoms with Crippen molar-refractivity contribution in [3.8, 4) is 0 Å². The molecule has 0 saturated carbocycles. The normalized spacial score (nSPS) is 28.7. The zero-order valence-corrected chi connectivity index (χ0v) is 12.9. The van der Waals surface area contributed by atoms with E-state index in [4.69, 9.17) is 0 Å². The molecule has 0 spiro atoms. The van der Waals surface area contributed by atoms with Gasteiger partial charge in [-0.1, -0.05) is 20.8 Å². The second-order valence-electron chi connectivity index (χ2n) is 7.32. The quantitative estimate of drug-likeness (QED) is 0.785. The monoisotopic (exact) mass is 269 g/mol. The van der Waals surface area contributed by atoms with Crippen LogP contribution in [0.1, 0.15) is 27.2 Å². The van der Waals surface area contributed by atoms with Crippen molar-refractivity contribution in [2.75, 3.05) is 52.4 Å². The van der Waals surface area contributed by atoms with Crippen LogP contribution in [0.2, 0.25) is 0 Å². The van der Waals surface area contributed by atoms with E-state index in [1.54, 1.807) is 0 Å². The van der Waals surface area contributed by atoms with Gasteiger partial charge in [0.25, 0.3) is 0 Å². The third-order valence-corrected chi connectivity index (χ3v) is 4.64. The van der Waals surface area contributed by atoms with Crippen LogP contribution in [0.3, 0.4) is 0 Å². The molecular weight excluding hydrogens is 238 g/mol. The van der Waals surface area contributed by atoms with Gasteiger partial charge in [0.15, 0.2) is 0 Å². The Labute approximate surface area is 118 Å². The number of aliphatic hydroxyl groups excluding tert-OH is 1. The summed E-state index contributed by atoms with van der Waals surface area (Å²) in [5.41, 5.74) is 0.401. The van der Waals surface area contributed by atoms with Gasteiger partial charge in [-0.15, -0.1) is 0 Å². The molecule has 0 aliphatic carbocycles. The van der Waals surface area contributed by atoms with E-state index in [1.165, 1.54) is 6.42 Å². The SMILES string of the molecule is CC(C)(C)C1CCN(CC(O)CN2CCNCC2)C1. The zero-order chi connectivity index (χ0) is 13.9. The van der Waals surface area contributed by atoms with Crippen molar-refractivity contribution in [1.82, 2.24) is 15.1 Å². The Balaban J connectivity index is 1.69. The van der Waals surface area contributed by atoms with Crippen molar-refractivity contribution in [3.63, 3.8) is 0 Å². The molecule has 2 rings (SSSR count). The molecule has 0 amide bonds. The molecule has 4 nitrogen and oxygen atoms in total. The van der Waals surface area contributed by atoms with Gasteiger partial charge >= 0.3 is 0 Å². The van der Waals surface area contributed by atoms with Crippen LogP contribution in [-0.2, 0) is 0 Å². The first-order valence-corrected chi connectivity index (χ1v) is 7.78. The van der Waals surface area contributed by atoms with E-state index >= 15 is 0 Å². The molecule has 0 aromatic heterocycles.